The molecule has 140 valence electrons. The zero-order chi connectivity index (χ0) is 17.6. The van der Waals surface area contributed by atoms with E-state index in [1.165, 1.54) is 38.0 Å². The van der Waals surface area contributed by atoms with E-state index >= 15 is 0 Å². The molecule has 2 aliphatic heterocycles. The topological polar surface area (TPSA) is 38.7 Å². The molecule has 4 heteroatoms. The number of nitrogens with one attached hydrogen (secondary N) is 1. The van der Waals surface area contributed by atoms with Crippen LogP contribution in [-0.2, 0) is 6.54 Å². The maximum atomic E-state index is 10.1. The lowest BCUT2D eigenvalue weighted by molar-refractivity contribution is 0.166. The first kappa shape index (κ1) is 18.8. The Labute approximate surface area is 153 Å². The minimum Gasteiger partial charge on any atom is -0.392 e. The van der Waals surface area contributed by atoms with Crippen LogP contribution < -0.4 is 5.32 Å². The average molecular weight is 346 g/mol. The van der Waals surface area contributed by atoms with Crippen molar-refractivity contribution in [2.75, 3.05) is 32.7 Å². The second-order valence-corrected chi connectivity index (χ2v) is 8.34. The SMILES string of the molecule is CC(C)CN1CCC(NCC2CC(O)CN2Cc2ccccc2)CC1. The van der Waals surface area contributed by atoms with E-state index in [1.807, 2.05) is 0 Å². The Balaban J connectivity index is 1.44. The van der Waals surface area contributed by atoms with Crippen molar-refractivity contribution in [1.82, 2.24) is 15.1 Å². The highest BCUT2D eigenvalue weighted by molar-refractivity contribution is 5.15. The highest BCUT2D eigenvalue weighted by Gasteiger charge is 2.31. The quantitative estimate of drug-likeness (QED) is 0.796. The summed E-state index contributed by atoms with van der Waals surface area (Å²) in [6.07, 6.45) is 3.22. The Morgan fingerprint density at radius 2 is 1.88 bits per heavy atom. The van der Waals surface area contributed by atoms with Gasteiger partial charge in [-0.3, -0.25) is 4.90 Å². The Kier molecular flexibility index (Phi) is 6.88. The number of likely N-dealkylation sites (tertiary alicyclic amines) is 2. The van der Waals surface area contributed by atoms with Crippen LogP contribution in [0.2, 0.25) is 0 Å². The third kappa shape index (κ3) is 5.78. The number of nitrogens with zero attached hydrogens (tertiary/aromatic N) is 2. The largest absolute Gasteiger partial charge is 0.392 e. The van der Waals surface area contributed by atoms with E-state index < -0.39 is 0 Å². The highest BCUT2D eigenvalue weighted by Crippen LogP contribution is 2.21. The minimum absolute atomic E-state index is 0.177. The van der Waals surface area contributed by atoms with Crippen LogP contribution in [0.25, 0.3) is 0 Å². The Bertz CT molecular complexity index is 499. The fraction of sp³-hybridized carbons (Fsp3) is 0.714. The average Bonchev–Trinajstić information content (AvgIpc) is 2.94. The zero-order valence-corrected chi connectivity index (χ0v) is 15.9. The maximum Gasteiger partial charge on any atom is 0.0682 e. The summed E-state index contributed by atoms with van der Waals surface area (Å²) in [6, 6.07) is 11.7. The maximum absolute atomic E-state index is 10.1. The summed E-state index contributed by atoms with van der Waals surface area (Å²) in [7, 11) is 0. The third-order valence-electron chi connectivity index (χ3n) is 5.59. The van der Waals surface area contributed by atoms with Gasteiger partial charge in [-0.05, 0) is 43.8 Å². The van der Waals surface area contributed by atoms with Crippen molar-refractivity contribution in [1.29, 1.82) is 0 Å². The van der Waals surface area contributed by atoms with E-state index in [0.717, 1.165) is 32.0 Å². The molecule has 4 nitrogen and oxygen atoms in total. The molecule has 1 aromatic rings. The van der Waals surface area contributed by atoms with Gasteiger partial charge in [0.1, 0.15) is 0 Å². The van der Waals surface area contributed by atoms with Crippen LogP contribution in [0, 0.1) is 5.92 Å². The second kappa shape index (κ2) is 9.13. The number of aliphatic hydroxyl groups excluding tert-OH is 1. The van der Waals surface area contributed by atoms with Crippen molar-refractivity contribution in [2.45, 2.75) is 57.8 Å². The summed E-state index contributed by atoms with van der Waals surface area (Å²) >= 11 is 0. The van der Waals surface area contributed by atoms with Crippen molar-refractivity contribution in [3.8, 4) is 0 Å². The van der Waals surface area contributed by atoms with Crippen LogP contribution in [0.15, 0.2) is 30.3 Å². The van der Waals surface area contributed by atoms with Crippen molar-refractivity contribution in [2.24, 2.45) is 5.92 Å². The van der Waals surface area contributed by atoms with Gasteiger partial charge in [0.15, 0.2) is 0 Å². The molecule has 0 bridgehead atoms. The van der Waals surface area contributed by atoms with Gasteiger partial charge in [-0.15, -0.1) is 0 Å². The zero-order valence-electron chi connectivity index (χ0n) is 15.9. The minimum atomic E-state index is -0.177. The Morgan fingerprint density at radius 1 is 1.16 bits per heavy atom. The van der Waals surface area contributed by atoms with Gasteiger partial charge in [0.05, 0.1) is 6.10 Å². The van der Waals surface area contributed by atoms with Gasteiger partial charge in [-0.25, -0.2) is 0 Å². The molecule has 25 heavy (non-hydrogen) atoms. The molecule has 0 amide bonds. The van der Waals surface area contributed by atoms with Crippen LogP contribution in [0.3, 0.4) is 0 Å². The lowest BCUT2D eigenvalue weighted by atomic mass is 10.0. The number of benzene rings is 1. The molecule has 3 rings (SSSR count). The van der Waals surface area contributed by atoms with Gasteiger partial charge in [-0.1, -0.05) is 44.2 Å². The Hall–Kier alpha value is -0.940. The predicted octanol–water partition coefficient (Wildman–Crippen LogP) is 2.33. The van der Waals surface area contributed by atoms with Gasteiger partial charge in [0, 0.05) is 38.3 Å². The second-order valence-electron chi connectivity index (χ2n) is 8.34. The number of hydrogen-bond donors (Lipinski definition) is 2. The molecule has 2 heterocycles. The van der Waals surface area contributed by atoms with Gasteiger partial charge >= 0.3 is 0 Å². The van der Waals surface area contributed by atoms with E-state index in [0.29, 0.717) is 12.1 Å². The number of aliphatic hydroxyl groups is 1. The lowest BCUT2D eigenvalue weighted by Crippen LogP contribution is -2.47. The molecule has 2 atom stereocenters. The van der Waals surface area contributed by atoms with E-state index in [4.69, 9.17) is 0 Å². The third-order valence-corrected chi connectivity index (χ3v) is 5.59. The van der Waals surface area contributed by atoms with Crippen LogP contribution in [0.4, 0.5) is 0 Å². The van der Waals surface area contributed by atoms with E-state index in [9.17, 15) is 5.11 Å². The normalized spacial score (nSPS) is 26.6. The first-order valence-corrected chi connectivity index (χ1v) is 10.0. The first-order valence-electron chi connectivity index (χ1n) is 10.0. The van der Waals surface area contributed by atoms with E-state index in [-0.39, 0.29) is 6.10 Å². The summed E-state index contributed by atoms with van der Waals surface area (Å²) in [5, 5.41) is 13.9. The summed E-state index contributed by atoms with van der Waals surface area (Å²) in [5.41, 5.74) is 1.34. The summed E-state index contributed by atoms with van der Waals surface area (Å²) in [5.74, 6) is 0.760. The molecular weight excluding hydrogens is 310 g/mol. The van der Waals surface area contributed by atoms with Crippen LogP contribution >= 0.6 is 0 Å². The van der Waals surface area contributed by atoms with Gasteiger partial charge in [-0.2, -0.15) is 0 Å². The molecule has 0 aliphatic carbocycles. The molecule has 0 aromatic heterocycles. The van der Waals surface area contributed by atoms with Crippen LogP contribution in [0.5, 0.6) is 0 Å². The van der Waals surface area contributed by atoms with Crippen LogP contribution in [-0.4, -0.2) is 65.8 Å². The lowest BCUT2D eigenvalue weighted by Gasteiger charge is -2.34. The number of piperidine rings is 1. The molecule has 2 unspecified atom stereocenters. The summed E-state index contributed by atoms with van der Waals surface area (Å²) < 4.78 is 0. The molecule has 2 saturated heterocycles. The fourth-order valence-electron chi connectivity index (χ4n) is 4.32. The van der Waals surface area contributed by atoms with Gasteiger partial charge in [0.25, 0.3) is 0 Å². The van der Waals surface area contributed by atoms with Crippen molar-refractivity contribution in [3.05, 3.63) is 35.9 Å². The predicted molar refractivity (Wildman–Crippen MR) is 104 cm³/mol. The first-order chi connectivity index (χ1) is 12.1. The number of rotatable bonds is 7. The number of β-amino-alcohol motifs (C(OH)–C–C–N with tert-alkyl or cyclic N) is 1. The van der Waals surface area contributed by atoms with Crippen LogP contribution in [0.1, 0.15) is 38.7 Å². The highest BCUT2D eigenvalue weighted by atomic mass is 16.3. The molecule has 2 fully saturated rings. The van der Waals surface area contributed by atoms with Crippen molar-refractivity contribution in [3.63, 3.8) is 0 Å². The summed E-state index contributed by atoms with van der Waals surface area (Å²) in [6.45, 7) is 11.0. The van der Waals surface area contributed by atoms with Gasteiger partial charge in [0.2, 0.25) is 0 Å². The molecule has 0 radical (unpaired) electrons. The van der Waals surface area contributed by atoms with E-state index in [2.05, 4.69) is 59.3 Å². The molecule has 2 aliphatic rings. The smallest absolute Gasteiger partial charge is 0.0682 e. The van der Waals surface area contributed by atoms with Crippen molar-refractivity contribution >= 4 is 0 Å². The molecular formula is C21H35N3O. The number of hydrogen-bond acceptors (Lipinski definition) is 4. The van der Waals surface area contributed by atoms with Gasteiger partial charge < -0.3 is 15.3 Å². The summed E-state index contributed by atoms with van der Waals surface area (Å²) in [4.78, 5) is 5.05. The Morgan fingerprint density at radius 3 is 2.56 bits per heavy atom. The fourth-order valence-corrected chi connectivity index (χ4v) is 4.32. The van der Waals surface area contributed by atoms with Crippen molar-refractivity contribution < 1.29 is 5.11 Å². The standard InChI is InChI=1S/C21H35N3O/c1-17(2)14-23-10-8-19(9-11-23)22-13-20-12-21(25)16-24(20)15-18-6-4-3-5-7-18/h3-7,17,19-22,25H,8-16H2,1-2H3. The van der Waals surface area contributed by atoms with E-state index in [1.54, 1.807) is 0 Å². The monoisotopic (exact) mass is 345 g/mol. The molecule has 1 aromatic carbocycles. The molecule has 0 saturated carbocycles. The molecule has 2 N–H and O–H groups in total. The molecule has 0 spiro atoms.